The van der Waals surface area contributed by atoms with Gasteiger partial charge in [-0.1, -0.05) is 36.4 Å². The minimum Gasteiger partial charge on any atom is -0.334 e. The highest BCUT2D eigenvalue weighted by Gasteiger charge is 2.26. The standard InChI is InChI=1S/C21H25N5O/c27-20(25-11-7-19(8-12-25)18-5-2-1-3-6-18)17-24-13-15-26(16-14-24)21-22-9-4-10-23-21/h1-7,9-10H,8,11-17H2/p+1. The molecule has 0 spiro atoms. The van der Waals surface area contributed by atoms with Crippen molar-refractivity contribution < 1.29 is 9.69 Å². The Balaban J connectivity index is 1.26. The molecular formula is C21H26N5O+. The van der Waals surface area contributed by atoms with E-state index >= 15 is 0 Å². The Morgan fingerprint density at radius 2 is 1.74 bits per heavy atom. The summed E-state index contributed by atoms with van der Waals surface area (Å²) in [7, 11) is 0. The fourth-order valence-electron chi connectivity index (χ4n) is 3.79. The largest absolute Gasteiger partial charge is 0.334 e. The third kappa shape index (κ3) is 4.34. The van der Waals surface area contributed by atoms with Gasteiger partial charge in [-0.15, -0.1) is 0 Å². The molecule has 3 heterocycles. The van der Waals surface area contributed by atoms with Gasteiger partial charge in [0.1, 0.15) is 0 Å². The molecule has 2 aromatic rings. The number of rotatable bonds is 4. The quantitative estimate of drug-likeness (QED) is 0.858. The van der Waals surface area contributed by atoms with Crippen molar-refractivity contribution in [2.24, 2.45) is 0 Å². The van der Waals surface area contributed by atoms with Gasteiger partial charge in [0.25, 0.3) is 5.91 Å². The second kappa shape index (κ2) is 8.31. The Bertz CT molecular complexity index is 785. The van der Waals surface area contributed by atoms with Crippen molar-refractivity contribution in [1.29, 1.82) is 0 Å². The van der Waals surface area contributed by atoms with Gasteiger partial charge in [0.15, 0.2) is 6.54 Å². The third-order valence-corrected chi connectivity index (χ3v) is 5.41. The maximum absolute atomic E-state index is 12.7. The number of carbonyl (C=O) groups is 1. The third-order valence-electron chi connectivity index (χ3n) is 5.41. The van der Waals surface area contributed by atoms with Crippen molar-refractivity contribution in [3.63, 3.8) is 0 Å². The fourth-order valence-corrected chi connectivity index (χ4v) is 3.79. The number of carbonyl (C=O) groups excluding carboxylic acids is 1. The molecule has 1 N–H and O–H groups in total. The monoisotopic (exact) mass is 364 g/mol. The molecule has 1 aromatic carbocycles. The van der Waals surface area contributed by atoms with E-state index in [4.69, 9.17) is 0 Å². The first-order valence-corrected chi connectivity index (χ1v) is 9.67. The molecule has 0 radical (unpaired) electrons. The summed E-state index contributed by atoms with van der Waals surface area (Å²) in [6.07, 6.45) is 6.69. The van der Waals surface area contributed by atoms with E-state index in [-0.39, 0.29) is 5.91 Å². The molecular weight excluding hydrogens is 338 g/mol. The Hall–Kier alpha value is -2.73. The van der Waals surface area contributed by atoms with Gasteiger partial charge in [-0.3, -0.25) is 4.79 Å². The van der Waals surface area contributed by atoms with Crippen molar-refractivity contribution in [2.75, 3.05) is 50.7 Å². The van der Waals surface area contributed by atoms with E-state index in [0.717, 1.165) is 51.6 Å². The molecule has 0 saturated carbocycles. The Labute approximate surface area is 160 Å². The van der Waals surface area contributed by atoms with Crippen LogP contribution in [0.1, 0.15) is 12.0 Å². The molecule has 0 atom stereocenters. The van der Waals surface area contributed by atoms with Gasteiger partial charge in [0.2, 0.25) is 5.95 Å². The van der Waals surface area contributed by atoms with Gasteiger partial charge in [0, 0.05) is 25.5 Å². The van der Waals surface area contributed by atoms with Gasteiger partial charge < -0.3 is 14.7 Å². The van der Waals surface area contributed by atoms with E-state index < -0.39 is 0 Å². The lowest BCUT2D eigenvalue weighted by Crippen LogP contribution is -3.16. The summed E-state index contributed by atoms with van der Waals surface area (Å²) < 4.78 is 0. The van der Waals surface area contributed by atoms with Crippen LogP contribution in [-0.4, -0.2) is 66.6 Å². The molecule has 2 aliphatic heterocycles. The molecule has 1 aromatic heterocycles. The van der Waals surface area contributed by atoms with Crippen molar-refractivity contribution in [3.8, 4) is 0 Å². The topological polar surface area (TPSA) is 53.8 Å². The minimum absolute atomic E-state index is 0.262. The first-order valence-electron chi connectivity index (χ1n) is 9.67. The minimum atomic E-state index is 0.262. The molecule has 2 aliphatic rings. The highest BCUT2D eigenvalue weighted by Crippen LogP contribution is 2.21. The van der Waals surface area contributed by atoms with Gasteiger partial charge in [-0.25, -0.2) is 9.97 Å². The first kappa shape index (κ1) is 17.7. The van der Waals surface area contributed by atoms with Crippen molar-refractivity contribution >= 4 is 17.4 Å². The zero-order valence-electron chi connectivity index (χ0n) is 15.6. The van der Waals surface area contributed by atoms with Gasteiger partial charge in [0.05, 0.1) is 26.2 Å². The average Bonchev–Trinajstić information content (AvgIpc) is 2.76. The lowest BCUT2D eigenvalue weighted by molar-refractivity contribution is -0.892. The summed E-state index contributed by atoms with van der Waals surface area (Å²) >= 11 is 0. The number of nitrogens with zero attached hydrogens (tertiary/aromatic N) is 4. The van der Waals surface area contributed by atoms with E-state index in [1.165, 1.54) is 16.0 Å². The van der Waals surface area contributed by atoms with Crippen LogP contribution in [0, 0.1) is 0 Å². The van der Waals surface area contributed by atoms with Crippen LogP contribution >= 0.6 is 0 Å². The maximum Gasteiger partial charge on any atom is 0.278 e. The van der Waals surface area contributed by atoms with Crippen LogP contribution in [-0.2, 0) is 4.79 Å². The van der Waals surface area contributed by atoms with Gasteiger partial charge >= 0.3 is 0 Å². The highest BCUT2D eigenvalue weighted by atomic mass is 16.2. The summed E-state index contributed by atoms with van der Waals surface area (Å²) in [5, 5.41) is 0. The number of benzene rings is 1. The molecule has 4 rings (SSSR count). The summed E-state index contributed by atoms with van der Waals surface area (Å²) in [5.41, 5.74) is 2.62. The highest BCUT2D eigenvalue weighted by molar-refractivity contribution is 5.79. The van der Waals surface area contributed by atoms with Crippen LogP contribution in [0.4, 0.5) is 5.95 Å². The number of anilines is 1. The zero-order chi connectivity index (χ0) is 18.5. The summed E-state index contributed by atoms with van der Waals surface area (Å²) in [6.45, 7) is 5.80. The predicted octanol–water partition coefficient (Wildman–Crippen LogP) is 0.497. The van der Waals surface area contributed by atoms with Crippen LogP contribution in [0.25, 0.3) is 5.57 Å². The average molecular weight is 364 g/mol. The van der Waals surface area contributed by atoms with E-state index in [1.807, 2.05) is 17.0 Å². The van der Waals surface area contributed by atoms with E-state index in [0.29, 0.717) is 6.54 Å². The second-order valence-corrected chi connectivity index (χ2v) is 7.15. The lowest BCUT2D eigenvalue weighted by atomic mass is 9.99. The number of amides is 1. The normalized spacial score (nSPS) is 18.3. The Morgan fingerprint density at radius 3 is 2.41 bits per heavy atom. The number of piperazine rings is 1. The molecule has 6 heteroatoms. The second-order valence-electron chi connectivity index (χ2n) is 7.15. The van der Waals surface area contributed by atoms with Crippen LogP contribution in [0.15, 0.2) is 54.9 Å². The summed E-state index contributed by atoms with van der Waals surface area (Å²) in [5.74, 6) is 1.05. The molecule has 1 saturated heterocycles. The number of aromatic nitrogens is 2. The molecule has 0 bridgehead atoms. The van der Waals surface area contributed by atoms with E-state index in [2.05, 4.69) is 45.2 Å². The predicted molar refractivity (Wildman–Crippen MR) is 105 cm³/mol. The number of nitrogens with one attached hydrogen (secondary N) is 1. The lowest BCUT2D eigenvalue weighted by Gasteiger charge is -2.33. The molecule has 6 nitrogen and oxygen atoms in total. The van der Waals surface area contributed by atoms with Crippen LogP contribution < -0.4 is 9.80 Å². The number of hydrogen-bond donors (Lipinski definition) is 1. The summed E-state index contributed by atoms with van der Waals surface area (Å²) in [6, 6.07) is 12.3. The SMILES string of the molecule is O=C(C[NH+]1CCN(c2ncccn2)CC1)N1CC=C(c2ccccc2)CC1. The van der Waals surface area contributed by atoms with E-state index in [9.17, 15) is 4.79 Å². The molecule has 1 fully saturated rings. The first-order chi connectivity index (χ1) is 13.3. The molecule has 1 amide bonds. The number of hydrogen-bond acceptors (Lipinski definition) is 4. The Kier molecular flexibility index (Phi) is 5.44. The fraction of sp³-hybridized carbons (Fsp3) is 0.381. The van der Waals surface area contributed by atoms with Crippen molar-refractivity contribution in [2.45, 2.75) is 6.42 Å². The number of quaternary nitrogens is 1. The zero-order valence-corrected chi connectivity index (χ0v) is 15.6. The van der Waals surface area contributed by atoms with Crippen LogP contribution in [0.2, 0.25) is 0 Å². The van der Waals surface area contributed by atoms with Crippen LogP contribution in [0.5, 0.6) is 0 Å². The smallest absolute Gasteiger partial charge is 0.278 e. The van der Waals surface area contributed by atoms with E-state index in [1.54, 1.807) is 12.4 Å². The summed E-state index contributed by atoms with van der Waals surface area (Å²) in [4.78, 5) is 26.9. The van der Waals surface area contributed by atoms with Crippen LogP contribution in [0.3, 0.4) is 0 Å². The Morgan fingerprint density at radius 1 is 1.00 bits per heavy atom. The van der Waals surface area contributed by atoms with Crippen molar-refractivity contribution in [1.82, 2.24) is 14.9 Å². The molecule has 0 aliphatic carbocycles. The maximum atomic E-state index is 12.7. The van der Waals surface area contributed by atoms with Gasteiger partial charge in [-0.05, 0) is 23.6 Å². The molecule has 27 heavy (non-hydrogen) atoms. The molecule has 140 valence electrons. The van der Waals surface area contributed by atoms with Gasteiger partial charge in [-0.2, -0.15) is 0 Å². The molecule has 0 unspecified atom stereocenters. The van der Waals surface area contributed by atoms with Crippen molar-refractivity contribution in [3.05, 3.63) is 60.4 Å².